The molecule has 1 saturated carbocycles. The van der Waals surface area contributed by atoms with Crippen LogP contribution < -0.4 is 0 Å². The maximum Gasteiger partial charge on any atom is 0.160 e. The Labute approximate surface area is 122 Å². The maximum atomic E-state index is 13.7. The maximum absolute atomic E-state index is 13.7. The summed E-state index contributed by atoms with van der Waals surface area (Å²) in [6, 6.07) is 2.58. The molecule has 5 heteroatoms. The summed E-state index contributed by atoms with van der Waals surface area (Å²) in [7, 11) is 0. The van der Waals surface area contributed by atoms with Gasteiger partial charge in [-0.05, 0) is 49.3 Å². The Morgan fingerprint density at radius 3 is 2.10 bits per heavy atom. The van der Waals surface area contributed by atoms with Gasteiger partial charge in [0.1, 0.15) is 11.6 Å². The van der Waals surface area contributed by atoms with E-state index in [1.165, 1.54) is 12.1 Å². The van der Waals surface area contributed by atoms with E-state index in [4.69, 9.17) is 9.47 Å². The highest BCUT2D eigenvalue weighted by atomic mass is 19.1. The minimum atomic E-state index is -0.774. The largest absolute Gasteiger partial charge is 0.350 e. The lowest BCUT2D eigenvalue weighted by atomic mass is 9.78. The van der Waals surface area contributed by atoms with Crippen molar-refractivity contribution in [1.82, 2.24) is 0 Å². The number of halogens is 2. The van der Waals surface area contributed by atoms with Crippen LogP contribution in [0.2, 0.25) is 0 Å². The Kier molecular flexibility index (Phi) is 4.31. The van der Waals surface area contributed by atoms with Crippen LogP contribution in [0, 0.1) is 17.6 Å². The van der Waals surface area contributed by atoms with Gasteiger partial charge in [-0.2, -0.15) is 0 Å². The van der Waals surface area contributed by atoms with Crippen molar-refractivity contribution >= 4 is 6.29 Å². The van der Waals surface area contributed by atoms with Crippen LogP contribution in [-0.4, -0.2) is 25.8 Å². The summed E-state index contributed by atoms with van der Waals surface area (Å²) in [6.45, 7) is 1.29. The average Bonchev–Trinajstić information content (AvgIpc) is 3.01. The van der Waals surface area contributed by atoms with Gasteiger partial charge in [0.15, 0.2) is 12.6 Å². The summed E-state index contributed by atoms with van der Waals surface area (Å²) in [4.78, 5) is 10.6. The van der Waals surface area contributed by atoms with Crippen molar-refractivity contribution in [2.24, 2.45) is 5.92 Å². The smallest absolute Gasteiger partial charge is 0.160 e. The summed E-state index contributed by atoms with van der Waals surface area (Å²) in [6.07, 6.45) is 3.67. The lowest BCUT2D eigenvalue weighted by Gasteiger charge is -2.31. The highest BCUT2D eigenvalue weighted by Crippen LogP contribution is 2.39. The van der Waals surface area contributed by atoms with E-state index in [1.807, 2.05) is 0 Å². The Bertz CT molecular complexity index is 495. The van der Waals surface area contributed by atoms with Crippen molar-refractivity contribution in [3.05, 3.63) is 34.9 Å². The van der Waals surface area contributed by atoms with Gasteiger partial charge in [0.2, 0.25) is 0 Å². The molecule has 1 aliphatic heterocycles. The van der Waals surface area contributed by atoms with Gasteiger partial charge in [-0.1, -0.05) is 0 Å². The van der Waals surface area contributed by atoms with E-state index in [1.54, 1.807) is 0 Å². The Morgan fingerprint density at radius 1 is 1.00 bits per heavy atom. The molecule has 1 aromatic rings. The van der Waals surface area contributed by atoms with E-state index in [0.717, 1.165) is 25.7 Å². The molecule has 1 heterocycles. The van der Waals surface area contributed by atoms with Crippen molar-refractivity contribution in [1.29, 1.82) is 0 Å². The topological polar surface area (TPSA) is 35.5 Å². The first-order chi connectivity index (χ1) is 10.2. The molecule has 0 amide bonds. The first-order valence-corrected chi connectivity index (χ1v) is 7.36. The molecule has 0 N–H and O–H groups in total. The molecule has 1 aliphatic carbocycles. The summed E-state index contributed by atoms with van der Waals surface area (Å²) in [5.41, 5.74) is 0.155. The quantitative estimate of drug-likeness (QED) is 0.802. The van der Waals surface area contributed by atoms with E-state index in [0.29, 0.717) is 24.7 Å². The second-order valence-corrected chi connectivity index (χ2v) is 5.74. The standard InChI is InChI=1S/C16H18F2O3/c17-14-7-12(8-15(18)13(14)9-19)10-1-3-11(4-2-10)16-20-5-6-21-16/h7-11,16H,1-6H2. The molecule has 3 rings (SSSR count). The van der Waals surface area contributed by atoms with Crippen LogP contribution in [0.1, 0.15) is 47.5 Å². The average molecular weight is 296 g/mol. The van der Waals surface area contributed by atoms with Crippen molar-refractivity contribution < 1.29 is 23.0 Å². The molecule has 114 valence electrons. The molecule has 0 radical (unpaired) electrons. The number of ether oxygens (including phenoxy) is 2. The Morgan fingerprint density at radius 2 is 1.57 bits per heavy atom. The van der Waals surface area contributed by atoms with Crippen LogP contribution in [0.25, 0.3) is 0 Å². The second kappa shape index (κ2) is 6.20. The third-order valence-electron chi connectivity index (χ3n) is 4.49. The number of carbonyl (C=O) groups is 1. The van der Waals surface area contributed by atoms with Crippen LogP contribution in [0.3, 0.4) is 0 Å². The normalized spacial score (nSPS) is 27.0. The molecule has 0 atom stereocenters. The SMILES string of the molecule is O=Cc1c(F)cc(C2CCC(C3OCCO3)CC2)cc1F. The van der Waals surface area contributed by atoms with E-state index < -0.39 is 17.2 Å². The van der Waals surface area contributed by atoms with Gasteiger partial charge in [-0.3, -0.25) is 4.79 Å². The lowest BCUT2D eigenvalue weighted by Crippen LogP contribution is -2.26. The number of carbonyl (C=O) groups excluding carboxylic acids is 1. The van der Waals surface area contributed by atoms with Crippen molar-refractivity contribution in [2.45, 2.75) is 37.9 Å². The molecule has 0 bridgehead atoms. The first kappa shape index (κ1) is 14.6. The Hall–Kier alpha value is -1.33. The number of hydrogen-bond acceptors (Lipinski definition) is 3. The van der Waals surface area contributed by atoms with E-state index in [-0.39, 0.29) is 18.5 Å². The van der Waals surface area contributed by atoms with Crippen LogP contribution in [0.5, 0.6) is 0 Å². The summed E-state index contributed by atoms with van der Waals surface area (Å²) >= 11 is 0. The van der Waals surface area contributed by atoms with Crippen LogP contribution in [-0.2, 0) is 9.47 Å². The van der Waals surface area contributed by atoms with Crippen LogP contribution >= 0.6 is 0 Å². The number of hydrogen-bond donors (Lipinski definition) is 0. The predicted molar refractivity (Wildman–Crippen MR) is 72.1 cm³/mol. The monoisotopic (exact) mass is 296 g/mol. The highest BCUT2D eigenvalue weighted by molar-refractivity contribution is 5.75. The van der Waals surface area contributed by atoms with Gasteiger partial charge in [0.05, 0.1) is 18.8 Å². The number of benzene rings is 1. The number of aldehydes is 1. The van der Waals surface area contributed by atoms with Gasteiger partial charge in [0, 0.05) is 5.92 Å². The predicted octanol–water partition coefficient (Wildman–Crippen LogP) is 3.42. The number of rotatable bonds is 3. The minimum absolute atomic E-state index is 0.114. The zero-order valence-electron chi connectivity index (χ0n) is 11.7. The fraction of sp³-hybridized carbons (Fsp3) is 0.562. The van der Waals surface area contributed by atoms with E-state index in [9.17, 15) is 13.6 Å². The van der Waals surface area contributed by atoms with Crippen molar-refractivity contribution in [3.8, 4) is 0 Å². The molecule has 2 aliphatic rings. The molecule has 2 fully saturated rings. The molecular weight excluding hydrogens is 278 g/mol. The van der Waals surface area contributed by atoms with Crippen LogP contribution in [0.15, 0.2) is 12.1 Å². The molecule has 0 unspecified atom stereocenters. The van der Waals surface area contributed by atoms with Gasteiger partial charge in [-0.15, -0.1) is 0 Å². The van der Waals surface area contributed by atoms with Gasteiger partial charge < -0.3 is 9.47 Å². The molecule has 0 aromatic heterocycles. The Balaban J connectivity index is 1.68. The van der Waals surface area contributed by atoms with Crippen molar-refractivity contribution in [2.75, 3.05) is 13.2 Å². The molecule has 21 heavy (non-hydrogen) atoms. The fourth-order valence-electron chi connectivity index (χ4n) is 3.33. The first-order valence-electron chi connectivity index (χ1n) is 7.36. The zero-order valence-corrected chi connectivity index (χ0v) is 11.7. The van der Waals surface area contributed by atoms with Gasteiger partial charge >= 0.3 is 0 Å². The minimum Gasteiger partial charge on any atom is -0.350 e. The molecular formula is C16H18F2O3. The molecule has 1 aromatic carbocycles. The summed E-state index contributed by atoms with van der Waals surface area (Å²) < 4.78 is 38.4. The molecule has 0 spiro atoms. The lowest BCUT2D eigenvalue weighted by molar-refractivity contribution is -0.0931. The van der Waals surface area contributed by atoms with Gasteiger partial charge in [-0.25, -0.2) is 8.78 Å². The third kappa shape index (κ3) is 2.99. The fourth-order valence-corrected chi connectivity index (χ4v) is 3.33. The van der Waals surface area contributed by atoms with Gasteiger partial charge in [0.25, 0.3) is 0 Å². The molecule has 3 nitrogen and oxygen atoms in total. The van der Waals surface area contributed by atoms with E-state index in [2.05, 4.69) is 0 Å². The summed E-state index contributed by atoms with van der Waals surface area (Å²) in [5, 5.41) is 0. The highest BCUT2D eigenvalue weighted by Gasteiger charge is 2.32. The third-order valence-corrected chi connectivity index (χ3v) is 4.49. The van der Waals surface area contributed by atoms with Crippen molar-refractivity contribution in [3.63, 3.8) is 0 Å². The van der Waals surface area contributed by atoms with Crippen LogP contribution in [0.4, 0.5) is 8.78 Å². The van der Waals surface area contributed by atoms with E-state index >= 15 is 0 Å². The summed E-state index contributed by atoms with van der Waals surface area (Å²) in [5.74, 6) is -1.05. The zero-order chi connectivity index (χ0) is 14.8. The second-order valence-electron chi connectivity index (χ2n) is 5.74. The molecule has 1 saturated heterocycles.